The van der Waals surface area contributed by atoms with Gasteiger partial charge in [-0.25, -0.2) is 0 Å². The number of carbonyl (C=O) groups is 2. The van der Waals surface area contributed by atoms with E-state index in [0.29, 0.717) is 10.9 Å². The Bertz CT molecular complexity index is 1110. The molecule has 2 aromatic carbocycles. The highest BCUT2D eigenvalue weighted by atomic mass is 35.6. The van der Waals surface area contributed by atoms with Crippen molar-refractivity contribution in [1.29, 1.82) is 0 Å². The normalized spacial score (nSPS) is 12.1. The fraction of sp³-hybridized carbons (Fsp3) is 0.379. The molecule has 5 nitrogen and oxygen atoms in total. The van der Waals surface area contributed by atoms with Crippen LogP contribution in [0.2, 0.25) is 5.02 Å². The summed E-state index contributed by atoms with van der Waals surface area (Å²) in [5.74, 6) is 0.0690. The molecule has 1 amide bonds. The largest absolute Gasteiger partial charge is 0.495 e. The zero-order chi connectivity index (χ0) is 28.7. The summed E-state index contributed by atoms with van der Waals surface area (Å²) in [5, 5.41) is 3.09. The van der Waals surface area contributed by atoms with Crippen molar-refractivity contribution in [2.75, 3.05) is 20.3 Å². The van der Waals surface area contributed by atoms with Crippen LogP contribution in [-0.4, -0.2) is 35.9 Å². The number of alkyl halides is 3. The van der Waals surface area contributed by atoms with Gasteiger partial charge >= 0.3 is 5.97 Å². The Kier molecular flexibility index (Phi) is 15.5. The third kappa shape index (κ3) is 15.3. The number of aryl methyl sites for hydroxylation is 3. The molecule has 0 saturated carbocycles. The molecule has 0 aromatic heterocycles. The van der Waals surface area contributed by atoms with Crippen molar-refractivity contribution in [2.45, 2.75) is 44.3 Å². The highest BCUT2D eigenvalue weighted by molar-refractivity contribution is 6.67. The van der Waals surface area contributed by atoms with Gasteiger partial charge in [0, 0.05) is 0 Å². The van der Waals surface area contributed by atoms with Crippen LogP contribution in [0.3, 0.4) is 0 Å². The number of methoxy groups -OCH3 is 1. The number of hydrogen-bond donors (Lipinski definition) is 1. The first-order valence-corrected chi connectivity index (χ1v) is 13.5. The van der Waals surface area contributed by atoms with Gasteiger partial charge < -0.3 is 14.8 Å². The molecule has 9 heteroatoms. The lowest BCUT2D eigenvalue weighted by molar-refractivity contribution is -0.143. The standard InChI is InChI=1S/C21H26Cl3NO3.C8H9ClO/c1-15(9-11-18-12-16(2)8-10-17(18)3)6-4-5-7-19(26)25-13-20(27)28-14-21(22,23)24;1-6-3-4-8(10-2)7(9)5-6/h5,7-12,15H,4,6,13-14H2,1-3H3,(H,25,26);3-5H,1-2H3/b7-5+,11-9+;/t15-;/m0./s1. The van der Waals surface area contributed by atoms with E-state index in [4.69, 9.17) is 55.9 Å². The van der Waals surface area contributed by atoms with Gasteiger partial charge in [0.25, 0.3) is 0 Å². The van der Waals surface area contributed by atoms with Gasteiger partial charge in [0.15, 0.2) is 0 Å². The van der Waals surface area contributed by atoms with E-state index in [0.717, 1.165) is 24.2 Å². The molecule has 208 valence electrons. The summed E-state index contributed by atoms with van der Waals surface area (Å²) in [6, 6.07) is 12.1. The van der Waals surface area contributed by atoms with E-state index in [-0.39, 0.29) is 19.1 Å². The van der Waals surface area contributed by atoms with Crippen LogP contribution in [0.4, 0.5) is 0 Å². The number of carbonyl (C=O) groups excluding carboxylic acids is 2. The summed E-state index contributed by atoms with van der Waals surface area (Å²) in [6.45, 7) is 7.66. The molecule has 38 heavy (non-hydrogen) atoms. The molecule has 1 atom stereocenters. The van der Waals surface area contributed by atoms with Crippen molar-refractivity contribution in [1.82, 2.24) is 5.32 Å². The molecule has 0 aliphatic rings. The van der Waals surface area contributed by atoms with E-state index in [1.165, 1.54) is 22.8 Å². The van der Waals surface area contributed by atoms with Crippen molar-refractivity contribution >= 4 is 64.4 Å². The van der Waals surface area contributed by atoms with Crippen molar-refractivity contribution in [2.24, 2.45) is 5.92 Å². The van der Waals surface area contributed by atoms with Gasteiger partial charge in [-0.05, 0) is 74.4 Å². The first-order valence-electron chi connectivity index (χ1n) is 12.0. The van der Waals surface area contributed by atoms with Crippen molar-refractivity contribution in [3.8, 4) is 5.75 Å². The van der Waals surface area contributed by atoms with Crippen LogP contribution in [0.1, 0.15) is 42.0 Å². The minimum atomic E-state index is -1.66. The number of esters is 1. The summed E-state index contributed by atoms with van der Waals surface area (Å²) >= 11 is 22.2. The van der Waals surface area contributed by atoms with Gasteiger partial charge in [-0.15, -0.1) is 0 Å². The number of rotatable bonds is 10. The minimum Gasteiger partial charge on any atom is -0.495 e. The topological polar surface area (TPSA) is 64.6 Å². The fourth-order valence-electron chi connectivity index (χ4n) is 3.06. The quantitative estimate of drug-likeness (QED) is 0.170. The molecular formula is C29H35Cl4NO4. The number of amides is 1. The molecule has 0 fully saturated rings. The molecule has 0 heterocycles. The second-order valence-electron chi connectivity index (χ2n) is 8.81. The number of allylic oxidation sites excluding steroid dienone is 2. The van der Waals surface area contributed by atoms with E-state index < -0.39 is 9.76 Å². The first-order chi connectivity index (χ1) is 17.8. The Hall–Kier alpha value is -2.18. The minimum absolute atomic E-state index is 0.279. The monoisotopic (exact) mass is 601 g/mol. The molecule has 0 saturated heterocycles. The maximum absolute atomic E-state index is 11.7. The number of halogens is 4. The van der Waals surface area contributed by atoms with Crippen molar-refractivity contribution in [3.63, 3.8) is 0 Å². The molecule has 0 aliphatic carbocycles. The molecular weight excluding hydrogens is 568 g/mol. The molecule has 0 aliphatic heterocycles. The van der Waals surface area contributed by atoms with Crippen LogP contribution in [-0.2, 0) is 14.3 Å². The first kappa shape index (κ1) is 33.8. The maximum Gasteiger partial charge on any atom is 0.325 e. The van der Waals surface area contributed by atoms with Crippen molar-refractivity contribution < 1.29 is 19.1 Å². The SMILES string of the molecule is COc1ccc(C)cc1Cl.Cc1ccc(C)c(/C=C/[C@@H](C)CC/C=C/C(=O)NCC(=O)OCC(Cl)(Cl)Cl)c1. The van der Waals surface area contributed by atoms with Crippen molar-refractivity contribution in [3.05, 3.63) is 81.9 Å². The molecule has 0 radical (unpaired) electrons. The summed E-state index contributed by atoms with van der Waals surface area (Å²) in [7, 11) is 1.61. The van der Waals surface area contributed by atoms with E-state index >= 15 is 0 Å². The van der Waals surface area contributed by atoms with Crippen LogP contribution in [0.25, 0.3) is 6.08 Å². The van der Waals surface area contributed by atoms with Crippen LogP contribution >= 0.6 is 46.4 Å². The zero-order valence-electron chi connectivity index (χ0n) is 22.3. The number of benzene rings is 2. The summed E-state index contributed by atoms with van der Waals surface area (Å²) in [6.07, 6.45) is 9.18. The van der Waals surface area contributed by atoms with Gasteiger partial charge in [0.1, 0.15) is 18.9 Å². The highest BCUT2D eigenvalue weighted by Gasteiger charge is 2.22. The van der Waals surface area contributed by atoms with Gasteiger partial charge in [0.2, 0.25) is 9.70 Å². The lowest BCUT2D eigenvalue weighted by Gasteiger charge is -2.11. The van der Waals surface area contributed by atoms with Gasteiger partial charge in [-0.1, -0.05) is 101 Å². The second-order valence-corrected chi connectivity index (χ2v) is 11.7. The summed E-state index contributed by atoms with van der Waals surface area (Å²) in [5.41, 5.74) is 4.86. The lowest BCUT2D eigenvalue weighted by atomic mass is 10.0. The summed E-state index contributed by atoms with van der Waals surface area (Å²) in [4.78, 5) is 23.1. The van der Waals surface area contributed by atoms with E-state index in [9.17, 15) is 9.59 Å². The molecule has 2 rings (SSSR count). The third-order valence-electron chi connectivity index (χ3n) is 5.21. The van der Waals surface area contributed by atoms with Crippen LogP contribution in [0, 0.1) is 26.7 Å². The Labute approximate surface area is 246 Å². The molecule has 0 bridgehead atoms. The van der Waals surface area contributed by atoms with Gasteiger partial charge in [-0.3, -0.25) is 9.59 Å². The number of nitrogens with one attached hydrogen (secondary N) is 1. The summed E-state index contributed by atoms with van der Waals surface area (Å²) < 4.78 is 8.02. The maximum atomic E-state index is 11.7. The Morgan fingerprint density at radius 3 is 2.34 bits per heavy atom. The van der Waals surface area contributed by atoms with Crippen LogP contribution in [0.5, 0.6) is 5.75 Å². The van der Waals surface area contributed by atoms with E-state index in [1.807, 2.05) is 25.1 Å². The van der Waals surface area contributed by atoms with Gasteiger partial charge in [0.05, 0.1) is 12.1 Å². The highest BCUT2D eigenvalue weighted by Crippen LogP contribution is 2.26. The third-order valence-corrected chi connectivity index (χ3v) is 5.83. The average molecular weight is 603 g/mol. The van der Waals surface area contributed by atoms with Crippen LogP contribution in [0.15, 0.2) is 54.6 Å². The van der Waals surface area contributed by atoms with Gasteiger partial charge in [-0.2, -0.15) is 0 Å². The Morgan fingerprint density at radius 1 is 1.05 bits per heavy atom. The number of hydrogen-bond acceptors (Lipinski definition) is 4. The smallest absolute Gasteiger partial charge is 0.325 e. The van der Waals surface area contributed by atoms with E-state index in [2.05, 4.69) is 56.4 Å². The average Bonchev–Trinajstić information content (AvgIpc) is 2.84. The lowest BCUT2D eigenvalue weighted by Crippen LogP contribution is -2.30. The molecule has 2 aromatic rings. The Balaban J connectivity index is 0.000000600. The molecule has 1 N–H and O–H groups in total. The molecule has 0 unspecified atom stereocenters. The number of ether oxygens (including phenoxy) is 2. The predicted molar refractivity (Wildman–Crippen MR) is 159 cm³/mol. The Morgan fingerprint density at radius 2 is 1.71 bits per heavy atom. The van der Waals surface area contributed by atoms with Crippen LogP contribution < -0.4 is 10.1 Å². The van der Waals surface area contributed by atoms with E-state index in [1.54, 1.807) is 13.2 Å². The fourth-order valence-corrected chi connectivity index (χ4v) is 3.53. The second kappa shape index (κ2) is 17.4. The zero-order valence-corrected chi connectivity index (χ0v) is 25.3. The predicted octanol–water partition coefficient (Wildman–Crippen LogP) is 7.98. The molecule has 0 spiro atoms.